The van der Waals surface area contributed by atoms with E-state index in [2.05, 4.69) is 10.2 Å². The van der Waals surface area contributed by atoms with Crippen molar-refractivity contribution in [1.82, 2.24) is 15.1 Å². The molecule has 3 aliphatic heterocycles. The first-order chi connectivity index (χ1) is 9.72. The van der Waals surface area contributed by atoms with E-state index in [0.29, 0.717) is 12.0 Å². The normalized spacial score (nSPS) is 27.6. The fraction of sp³-hybridized carbons (Fsp3) is 0.933. The first kappa shape index (κ1) is 14.3. The monoisotopic (exact) mass is 281 g/mol. The summed E-state index contributed by atoms with van der Waals surface area (Å²) in [4.78, 5) is 16.5. The van der Waals surface area contributed by atoms with Gasteiger partial charge >= 0.3 is 0 Å². The number of carbonyl (C=O) groups is 1. The van der Waals surface area contributed by atoms with Crippen LogP contribution in [0.1, 0.15) is 25.7 Å². The first-order valence-electron chi connectivity index (χ1n) is 7.97. The smallest absolute Gasteiger partial charge is 0.236 e. The Morgan fingerprint density at radius 1 is 1.25 bits per heavy atom. The van der Waals surface area contributed by atoms with Gasteiger partial charge in [-0.2, -0.15) is 0 Å². The predicted molar refractivity (Wildman–Crippen MR) is 77.6 cm³/mol. The van der Waals surface area contributed by atoms with Crippen LogP contribution in [0, 0.1) is 5.41 Å². The van der Waals surface area contributed by atoms with Gasteiger partial charge in [-0.3, -0.25) is 4.79 Å². The summed E-state index contributed by atoms with van der Waals surface area (Å²) in [6.07, 6.45) is 4.90. The van der Waals surface area contributed by atoms with Crippen LogP contribution < -0.4 is 5.32 Å². The SMILES string of the molecule is CNCC(=O)N1CC2(CCN(C3CCOCC3)CC2)C1. The summed E-state index contributed by atoms with van der Waals surface area (Å²) in [5, 5.41) is 2.95. The number of nitrogens with one attached hydrogen (secondary N) is 1. The molecule has 0 saturated carbocycles. The van der Waals surface area contributed by atoms with E-state index in [-0.39, 0.29) is 5.91 Å². The van der Waals surface area contributed by atoms with Crippen LogP contribution in [-0.2, 0) is 9.53 Å². The minimum absolute atomic E-state index is 0.255. The fourth-order valence-electron chi connectivity index (χ4n) is 3.93. The number of likely N-dealkylation sites (N-methyl/N-ethyl adjacent to an activating group) is 1. The Kier molecular flexibility index (Phi) is 4.29. The largest absolute Gasteiger partial charge is 0.381 e. The molecule has 0 aromatic rings. The number of hydrogen-bond donors (Lipinski definition) is 1. The van der Waals surface area contributed by atoms with Crippen LogP contribution in [0.2, 0.25) is 0 Å². The predicted octanol–water partition coefficient (Wildman–Crippen LogP) is 0.309. The van der Waals surface area contributed by atoms with Gasteiger partial charge in [-0.25, -0.2) is 0 Å². The third kappa shape index (κ3) is 2.85. The minimum Gasteiger partial charge on any atom is -0.381 e. The number of likely N-dealkylation sites (tertiary alicyclic amines) is 2. The lowest BCUT2D eigenvalue weighted by Crippen LogP contribution is -2.63. The summed E-state index contributed by atoms with van der Waals surface area (Å²) < 4.78 is 5.45. The van der Waals surface area contributed by atoms with Gasteiger partial charge < -0.3 is 19.9 Å². The van der Waals surface area contributed by atoms with E-state index in [1.54, 1.807) is 0 Å². The van der Waals surface area contributed by atoms with E-state index in [4.69, 9.17) is 4.74 Å². The average molecular weight is 281 g/mol. The van der Waals surface area contributed by atoms with Gasteiger partial charge in [-0.1, -0.05) is 0 Å². The van der Waals surface area contributed by atoms with Crippen LogP contribution in [0.5, 0.6) is 0 Å². The van der Waals surface area contributed by atoms with Crippen molar-refractivity contribution in [3.8, 4) is 0 Å². The molecule has 5 heteroatoms. The second-order valence-corrected chi connectivity index (χ2v) is 6.66. The maximum Gasteiger partial charge on any atom is 0.236 e. The van der Waals surface area contributed by atoms with Crippen LogP contribution in [0.3, 0.4) is 0 Å². The molecule has 0 unspecified atom stereocenters. The number of carbonyl (C=O) groups excluding carboxylic acids is 1. The van der Waals surface area contributed by atoms with Crippen molar-refractivity contribution in [3.63, 3.8) is 0 Å². The lowest BCUT2D eigenvalue weighted by Gasteiger charge is -2.55. The van der Waals surface area contributed by atoms with Gasteiger partial charge in [-0.05, 0) is 45.8 Å². The molecule has 20 heavy (non-hydrogen) atoms. The van der Waals surface area contributed by atoms with Crippen LogP contribution in [0.25, 0.3) is 0 Å². The van der Waals surface area contributed by atoms with Crippen molar-refractivity contribution in [1.29, 1.82) is 0 Å². The standard InChI is InChI=1S/C15H27N3O2/c1-16-10-14(19)18-11-15(12-18)4-6-17(7-5-15)13-2-8-20-9-3-13/h13,16H,2-12H2,1H3. The van der Waals surface area contributed by atoms with Gasteiger partial charge in [0.15, 0.2) is 0 Å². The molecule has 0 radical (unpaired) electrons. The number of piperidine rings is 1. The van der Waals surface area contributed by atoms with Crippen LogP contribution in [0.15, 0.2) is 0 Å². The van der Waals surface area contributed by atoms with Gasteiger partial charge in [0.05, 0.1) is 6.54 Å². The molecular formula is C15H27N3O2. The maximum atomic E-state index is 11.8. The fourth-order valence-corrected chi connectivity index (χ4v) is 3.93. The zero-order chi connectivity index (χ0) is 14.0. The molecule has 5 nitrogen and oxygen atoms in total. The highest BCUT2D eigenvalue weighted by Gasteiger charge is 2.46. The Bertz CT molecular complexity index is 339. The summed E-state index contributed by atoms with van der Waals surface area (Å²) in [5.41, 5.74) is 0.436. The minimum atomic E-state index is 0.255. The Morgan fingerprint density at radius 2 is 1.90 bits per heavy atom. The van der Waals surface area contributed by atoms with E-state index in [1.165, 1.54) is 38.8 Å². The molecule has 3 heterocycles. The van der Waals surface area contributed by atoms with Crippen molar-refractivity contribution >= 4 is 5.91 Å². The van der Waals surface area contributed by atoms with E-state index < -0.39 is 0 Å². The molecule has 3 aliphatic rings. The third-order valence-corrected chi connectivity index (χ3v) is 5.30. The molecule has 1 amide bonds. The van der Waals surface area contributed by atoms with Gasteiger partial charge in [0.1, 0.15) is 0 Å². The Balaban J connectivity index is 1.44. The Morgan fingerprint density at radius 3 is 2.50 bits per heavy atom. The number of rotatable bonds is 3. The number of ether oxygens (including phenoxy) is 1. The highest BCUT2D eigenvalue weighted by atomic mass is 16.5. The van der Waals surface area contributed by atoms with E-state index in [1.807, 2.05) is 11.9 Å². The van der Waals surface area contributed by atoms with Crippen LogP contribution >= 0.6 is 0 Å². The molecule has 0 aromatic heterocycles. The maximum absolute atomic E-state index is 11.8. The number of nitrogens with zero attached hydrogens (tertiary/aromatic N) is 2. The van der Waals surface area contributed by atoms with Crippen molar-refractivity contribution in [2.75, 3.05) is 53.0 Å². The Hall–Kier alpha value is -0.650. The molecule has 0 aliphatic carbocycles. The van der Waals surface area contributed by atoms with Gasteiger partial charge in [-0.15, -0.1) is 0 Å². The van der Waals surface area contributed by atoms with Crippen molar-refractivity contribution in [3.05, 3.63) is 0 Å². The molecular weight excluding hydrogens is 254 g/mol. The summed E-state index contributed by atoms with van der Waals surface area (Å²) in [7, 11) is 1.83. The second kappa shape index (κ2) is 6.00. The molecule has 1 spiro atoms. The number of hydrogen-bond acceptors (Lipinski definition) is 4. The molecule has 0 aromatic carbocycles. The molecule has 114 valence electrons. The molecule has 3 saturated heterocycles. The summed E-state index contributed by atoms with van der Waals surface area (Å²) in [6.45, 7) is 6.71. The van der Waals surface area contributed by atoms with Crippen molar-refractivity contribution < 1.29 is 9.53 Å². The van der Waals surface area contributed by atoms with E-state index in [9.17, 15) is 4.79 Å². The first-order valence-corrected chi connectivity index (χ1v) is 7.97. The molecule has 3 rings (SSSR count). The average Bonchev–Trinajstić information content (AvgIpc) is 2.46. The van der Waals surface area contributed by atoms with Gasteiger partial charge in [0.25, 0.3) is 0 Å². The van der Waals surface area contributed by atoms with Crippen LogP contribution in [-0.4, -0.2) is 74.7 Å². The summed E-state index contributed by atoms with van der Waals surface area (Å²) in [5.74, 6) is 0.255. The molecule has 0 bridgehead atoms. The lowest BCUT2D eigenvalue weighted by atomic mass is 9.71. The highest BCUT2D eigenvalue weighted by molar-refractivity contribution is 5.79. The van der Waals surface area contributed by atoms with Gasteiger partial charge in [0.2, 0.25) is 5.91 Å². The van der Waals surface area contributed by atoms with Crippen molar-refractivity contribution in [2.45, 2.75) is 31.7 Å². The number of amides is 1. The molecule has 3 fully saturated rings. The lowest BCUT2D eigenvalue weighted by molar-refractivity contribution is -0.146. The molecule has 0 atom stereocenters. The summed E-state index contributed by atoms with van der Waals surface area (Å²) >= 11 is 0. The van der Waals surface area contributed by atoms with Gasteiger partial charge in [0, 0.05) is 37.8 Å². The highest BCUT2D eigenvalue weighted by Crippen LogP contribution is 2.41. The van der Waals surface area contributed by atoms with Crippen molar-refractivity contribution in [2.24, 2.45) is 5.41 Å². The zero-order valence-corrected chi connectivity index (χ0v) is 12.6. The molecule has 1 N–H and O–H groups in total. The quantitative estimate of drug-likeness (QED) is 0.809. The third-order valence-electron chi connectivity index (χ3n) is 5.30. The summed E-state index contributed by atoms with van der Waals surface area (Å²) in [6, 6.07) is 0.739. The zero-order valence-electron chi connectivity index (χ0n) is 12.6. The van der Waals surface area contributed by atoms with Crippen LogP contribution in [0.4, 0.5) is 0 Å². The van der Waals surface area contributed by atoms with E-state index in [0.717, 1.165) is 32.3 Å². The topological polar surface area (TPSA) is 44.8 Å². The van der Waals surface area contributed by atoms with E-state index >= 15 is 0 Å². The Labute approximate surface area is 121 Å². The second-order valence-electron chi connectivity index (χ2n) is 6.66.